The van der Waals surface area contributed by atoms with Crippen molar-refractivity contribution in [2.24, 2.45) is 10.2 Å². The van der Waals surface area contributed by atoms with Crippen LogP contribution in [-0.2, 0) is 0 Å². The predicted octanol–water partition coefficient (Wildman–Crippen LogP) is 3.58. The van der Waals surface area contributed by atoms with Crippen LogP contribution in [0, 0.1) is 0 Å². The largest absolute Gasteiger partial charge is 0.507 e. The lowest BCUT2D eigenvalue weighted by Gasteiger charge is -2.11. The maximum Gasteiger partial charge on any atom is 0.124 e. The molecule has 4 heteroatoms. The molecule has 0 radical (unpaired) electrons. The van der Waals surface area contributed by atoms with Crippen LogP contribution in [0.4, 0.5) is 5.69 Å². The molecule has 4 nitrogen and oxygen atoms in total. The number of hydrogen-bond donors (Lipinski definition) is 1. The number of benzene rings is 2. The molecule has 0 aliphatic carbocycles. The summed E-state index contributed by atoms with van der Waals surface area (Å²) in [6.45, 7) is 0. The molecule has 1 N–H and O–H groups in total. The standard InChI is InChI=1S/C18H19N3O/c1-21(2)17-11-9-15(10-12-17)6-5-13-19-20-14-16-7-3-4-8-18(16)22/h3-14,22H,1-2H3/b6-5+,19-13-,20-14+. The van der Waals surface area contributed by atoms with Crippen LogP contribution < -0.4 is 4.90 Å². The van der Waals surface area contributed by atoms with Gasteiger partial charge >= 0.3 is 0 Å². The summed E-state index contributed by atoms with van der Waals surface area (Å²) in [5.74, 6) is 0.193. The van der Waals surface area contributed by atoms with E-state index in [1.807, 2.05) is 44.4 Å². The topological polar surface area (TPSA) is 48.2 Å². The van der Waals surface area contributed by atoms with E-state index in [0.29, 0.717) is 5.56 Å². The third kappa shape index (κ3) is 4.59. The van der Waals surface area contributed by atoms with Crippen molar-refractivity contribution in [1.82, 2.24) is 0 Å². The molecule has 22 heavy (non-hydrogen) atoms. The molecule has 0 saturated heterocycles. The van der Waals surface area contributed by atoms with E-state index in [2.05, 4.69) is 27.2 Å². The second-order valence-corrected chi connectivity index (χ2v) is 4.91. The molecule has 112 valence electrons. The summed E-state index contributed by atoms with van der Waals surface area (Å²) < 4.78 is 0. The van der Waals surface area contributed by atoms with Gasteiger partial charge in [-0.15, -0.1) is 0 Å². The molecule has 2 rings (SSSR count). The molecule has 0 amide bonds. The maximum atomic E-state index is 9.56. The average Bonchev–Trinajstić information content (AvgIpc) is 2.53. The highest BCUT2D eigenvalue weighted by Gasteiger charge is 1.94. The van der Waals surface area contributed by atoms with Crippen LogP contribution >= 0.6 is 0 Å². The Balaban J connectivity index is 1.90. The predicted molar refractivity (Wildman–Crippen MR) is 94.0 cm³/mol. The molecule has 0 unspecified atom stereocenters. The van der Waals surface area contributed by atoms with E-state index in [0.717, 1.165) is 11.3 Å². The van der Waals surface area contributed by atoms with Gasteiger partial charge in [0.05, 0.1) is 6.21 Å². The van der Waals surface area contributed by atoms with Crippen LogP contribution in [0.15, 0.2) is 64.8 Å². The third-order valence-corrected chi connectivity index (χ3v) is 3.05. The van der Waals surface area contributed by atoms with Gasteiger partial charge in [-0.25, -0.2) is 0 Å². The van der Waals surface area contributed by atoms with Crippen molar-refractivity contribution in [3.05, 3.63) is 65.7 Å². The van der Waals surface area contributed by atoms with E-state index >= 15 is 0 Å². The highest BCUT2D eigenvalue weighted by atomic mass is 16.3. The highest BCUT2D eigenvalue weighted by Crippen LogP contribution is 2.13. The minimum absolute atomic E-state index is 0.193. The number of anilines is 1. The second kappa shape index (κ2) is 7.78. The average molecular weight is 293 g/mol. The van der Waals surface area contributed by atoms with E-state index in [1.54, 1.807) is 24.4 Å². The highest BCUT2D eigenvalue weighted by molar-refractivity contribution is 5.84. The number of phenolic OH excluding ortho intramolecular Hbond substituents is 1. The smallest absolute Gasteiger partial charge is 0.124 e. The molecular formula is C18H19N3O. The summed E-state index contributed by atoms with van der Waals surface area (Å²) in [6, 6.07) is 15.2. The quantitative estimate of drug-likeness (QED) is 0.676. The lowest BCUT2D eigenvalue weighted by molar-refractivity contribution is 0.474. The first-order valence-corrected chi connectivity index (χ1v) is 6.95. The third-order valence-electron chi connectivity index (χ3n) is 3.05. The normalized spacial score (nSPS) is 11.7. The van der Waals surface area contributed by atoms with Gasteiger partial charge in [0.1, 0.15) is 5.75 Å². The molecule has 0 aliphatic rings. The van der Waals surface area contributed by atoms with Crippen LogP contribution in [0.25, 0.3) is 6.08 Å². The Bertz CT molecular complexity index is 686. The van der Waals surface area contributed by atoms with E-state index in [4.69, 9.17) is 0 Å². The molecular weight excluding hydrogens is 274 g/mol. The number of aromatic hydroxyl groups is 1. The van der Waals surface area contributed by atoms with Crippen molar-refractivity contribution in [3.63, 3.8) is 0 Å². The zero-order chi connectivity index (χ0) is 15.8. The lowest BCUT2D eigenvalue weighted by Crippen LogP contribution is -2.07. The molecule has 2 aromatic rings. The van der Waals surface area contributed by atoms with E-state index in [1.165, 1.54) is 6.21 Å². The van der Waals surface area contributed by atoms with E-state index in [-0.39, 0.29) is 5.75 Å². The Morgan fingerprint density at radius 2 is 1.68 bits per heavy atom. The first-order valence-electron chi connectivity index (χ1n) is 6.95. The minimum atomic E-state index is 0.193. The summed E-state index contributed by atoms with van der Waals surface area (Å²) in [5.41, 5.74) is 2.91. The zero-order valence-corrected chi connectivity index (χ0v) is 12.7. The number of rotatable bonds is 5. The maximum absolute atomic E-state index is 9.56. The van der Waals surface area contributed by atoms with Gasteiger partial charge < -0.3 is 10.0 Å². The summed E-state index contributed by atoms with van der Waals surface area (Å²) in [4.78, 5) is 2.06. The van der Waals surface area contributed by atoms with Gasteiger partial charge in [0, 0.05) is 31.6 Å². The fourth-order valence-corrected chi connectivity index (χ4v) is 1.81. The molecule has 2 aromatic carbocycles. The Hall–Kier alpha value is -2.88. The molecule has 0 fully saturated rings. The monoisotopic (exact) mass is 293 g/mol. The van der Waals surface area contributed by atoms with E-state index < -0.39 is 0 Å². The Labute approximate surface area is 130 Å². The minimum Gasteiger partial charge on any atom is -0.507 e. The van der Waals surface area contributed by atoms with Crippen molar-refractivity contribution in [3.8, 4) is 5.75 Å². The van der Waals surface area contributed by atoms with Gasteiger partial charge in [-0.1, -0.05) is 30.3 Å². The SMILES string of the molecule is CN(C)c1ccc(/C=C/C=N\N=C\c2ccccc2O)cc1. The van der Waals surface area contributed by atoms with Gasteiger partial charge in [-0.2, -0.15) is 10.2 Å². The molecule has 0 aliphatic heterocycles. The summed E-state index contributed by atoms with van der Waals surface area (Å²) in [7, 11) is 4.03. The van der Waals surface area contributed by atoms with Crippen LogP contribution in [0.2, 0.25) is 0 Å². The van der Waals surface area contributed by atoms with Crippen molar-refractivity contribution in [2.75, 3.05) is 19.0 Å². The molecule has 0 spiro atoms. The second-order valence-electron chi connectivity index (χ2n) is 4.91. The molecule has 0 bridgehead atoms. The van der Waals surface area contributed by atoms with Gasteiger partial charge in [-0.3, -0.25) is 0 Å². The van der Waals surface area contributed by atoms with E-state index in [9.17, 15) is 5.11 Å². The van der Waals surface area contributed by atoms with Gasteiger partial charge in [-0.05, 0) is 35.9 Å². The fraction of sp³-hybridized carbons (Fsp3) is 0.111. The summed E-state index contributed by atoms with van der Waals surface area (Å²) in [6.07, 6.45) is 6.91. The Morgan fingerprint density at radius 3 is 2.36 bits per heavy atom. The lowest BCUT2D eigenvalue weighted by atomic mass is 10.2. The molecule has 0 aromatic heterocycles. The first-order chi connectivity index (χ1) is 10.7. The van der Waals surface area contributed by atoms with Crippen molar-refractivity contribution in [2.45, 2.75) is 0 Å². The number of nitrogens with zero attached hydrogens (tertiary/aromatic N) is 3. The molecule has 0 heterocycles. The summed E-state index contributed by atoms with van der Waals surface area (Å²) in [5, 5.41) is 17.4. The molecule has 0 atom stereocenters. The van der Waals surface area contributed by atoms with Gasteiger partial charge in [0.2, 0.25) is 0 Å². The van der Waals surface area contributed by atoms with Crippen LogP contribution in [0.3, 0.4) is 0 Å². The van der Waals surface area contributed by atoms with Crippen molar-refractivity contribution < 1.29 is 5.11 Å². The fourth-order valence-electron chi connectivity index (χ4n) is 1.81. The number of para-hydroxylation sites is 1. The van der Waals surface area contributed by atoms with Crippen LogP contribution in [-0.4, -0.2) is 31.6 Å². The van der Waals surface area contributed by atoms with Gasteiger partial charge in [0.15, 0.2) is 0 Å². The van der Waals surface area contributed by atoms with Crippen molar-refractivity contribution in [1.29, 1.82) is 0 Å². The van der Waals surface area contributed by atoms with Crippen LogP contribution in [0.5, 0.6) is 5.75 Å². The number of allylic oxidation sites excluding steroid dienone is 1. The number of hydrogen-bond acceptors (Lipinski definition) is 4. The van der Waals surface area contributed by atoms with Crippen molar-refractivity contribution >= 4 is 24.2 Å². The first kappa shape index (κ1) is 15.5. The molecule has 0 saturated carbocycles. The van der Waals surface area contributed by atoms with Crippen LogP contribution in [0.1, 0.15) is 11.1 Å². The zero-order valence-electron chi connectivity index (χ0n) is 12.7. The Morgan fingerprint density at radius 1 is 0.955 bits per heavy atom. The number of phenols is 1. The Kier molecular flexibility index (Phi) is 5.49. The summed E-state index contributed by atoms with van der Waals surface area (Å²) >= 11 is 0. The van der Waals surface area contributed by atoms with Gasteiger partial charge in [0.25, 0.3) is 0 Å².